The van der Waals surface area contributed by atoms with Gasteiger partial charge in [0.2, 0.25) is 0 Å². The molecule has 172 valence electrons. The van der Waals surface area contributed by atoms with E-state index < -0.39 is 15.9 Å². The van der Waals surface area contributed by atoms with Gasteiger partial charge in [-0.25, -0.2) is 8.42 Å². The molecule has 0 spiro atoms. The van der Waals surface area contributed by atoms with Gasteiger partial charge in [0, 0.05) is 11.6 Å². The van der Waals surface area contributed by atoms with E-state index in [9.17, 15) is 13.2 Å². The van der Waals surface area contributed by atoms with Crippen molar-refractivity contribution < 1.29 is 22.7 Å². The van der Waals surface area contributed by atoms with Crippen LogP contribution in [-0.4, -0.2) is 35.1 Å². The van der Waals surface area contributed by atoms with Gasteiger partial charge in [-0.1, -0.05) is 35.9 Å². The lowest BCUT2D eigenvalue weighted by Crippen LogP contribution is -2.31. The lowest BCUT2D eigenvalue weighted by atomic mass is 10.2. The number of hydrogen-bond donors (Lipinski definition) is 1. The molecule has 33 heavy (non-hydrogen) atoms. The van der Waals surface area contributed by atoms with Crippen molar-refractivity contribution in [2.24, 2.45) is 0 Å². The summed E-state index contributed by atoms with van der Waals surface area (Å²) in [5.41, 5.74) is 0.928. The second-order valence-electron chi connectivity index (χ2n) is 6.83. The summed E-state index contributed by atoms with van der Waals surface area (Å²) in [7, 11) is -1.11. The second-order valence-corrected chi connectivity index (χ2v) is 9.06. The number of rotatable bonds is 9. The van der Waals surface area contributed by atoms with E-state index in [4.69, 9.17) is 21.1 Å². The fourth-order valence-electron chi connectivity index (χ4n) is 3.12. The lowest BCUT2D eigenvalue weighted by molar-refractivity contribution is 0.102. The van der Waals surface area contributed by atoms with Gasteiger partial charge in [-0.05, 0) is 42.5 Å². The zero-order valence-electron chi connectivity index (χ0n) is 18.1. The summed E-state index contributed by atoms with van der Waals surface area (Å²) < 4.78 is 38.6. The van der Waals surface area contributed by atoms with Gasteiger partial charge < -0.3 is 14.8 Å². The number of methoxy groups -OCH3 is 2. The van der Waals surface area contributed by atoms with E-state index in [1.165, 1.54) is 42.8 Å². The number of hydrogen-bond acceptors (Lipinski definition) is 5. The summed E-state index contributed by atoms with van der Waals surface area (Å²) >= 11 is 6.26. The Morgan fingerprint density at radius 3 is 2.42 bits per heavy atom. The van der Waals surface area contributed by atoms with Crippen molar-refractivity contribution >= 4 is 38.9 Å². The van der Waals surface area contributed by atoms with Gasteiger partial charge in [-0.2, -0.15) is 0 Å². The summed E-state index contributed by atoms with van der Waals surface area (Å²) in [5, 5.41) is 2.72. The molecule has 9 heteroatoms. The minimum atomic E-state index is -4.09. The van der Waals surface area contributed by atoms with Crippen LogP contribution in [0.3, 0.4) is 0 Å². The van der Waals surface area contributed by atoms with Crippen LogP contribution in [0.5, 0.6) is 11.5 Å². The standard InChI is InChI=1S/C24H23ClN2O5S/c1-4-14-27(18-8-6-5-7-9-18)33(29,30)23-15-17(10-12-20(23)25)24(28)26-21-16-19(31-2)11-13-22(21)32-3/h4-13,15-16H,1,14H2,2-3H3,(H,26,28). The first kappa shape index (κ1) is 24.2. The molecule has 0 aromatic heterocycles. The van der Waals surface area contributed by atoms with Crippen molar-refractivity contribution in [1.29, 1.82) is 0 Å². The molecule has 7 nitrogen and oxygen atoms in total. The maximum absolute atomic E-state index is 13.5. The van der Waals surface area contributed by atoms with Crippen molar-refractivity contribution in [3.8, 4) is 11.5 Å². The third-order valence-corrected chi connectivity index (χ3v) is 7.03. The smallest absolute Gasteiger partial charge is 0.266 e. The van der Waals surface area contributed by atoms with E-state index in [1.807, 2.05) is 0 Å². The number of ether oxygens (including phenoxy) is 2. The Morgan fingerprint density at radius 2 is 1.79 bits per heavy atom. The zero-order chi connectivity index (χ0) is 24.0. The molecule has 0 unspecified atom stereocenters. The Bertz CT molecular complexity index is 1260. The van der Waals surface area contributed by atoms with Gasteiger partial charge in [0.15, 0.2) is 0 Å². The Balaban J connectivity index is 1.99. The Labute approximate surface area is 198 Å². The third kappa shape index (κ3) is 5.30. The summed E-state index contributed by atoms with van der Waals surface area (Å²) in [6, 6.07) is 17.6. The molecule has 0 fully saturated rings. The van der Waals surface area contributed by atoms with Crippen LogP contribution in [-0.2, 0) is 10.0 Å². The molecule has 1 N–H and O–H groups in total. The van der Waals surface area contributed by atoms with Crippen LogP contribution in [0, 0.1) is 0 Å². The SMILES string of the molecule is C=CCN(c1ccccc1)S(=O)(=O)c1cc(C(=O)Nc2cc(OC)ccc2OC)ccc1Cl. The molecule has 0 aliphatic rings. The van der Waals surface area contributed by atoms with E-state index in [2.05, 4.69) is 11.9 Å². The number of amides is 1. The largest absolute Gasteiger partial charge is 0.497 e. The fourth-order valence-corrected chi connectivity index (χ4v) is 5.06. The highest BCUT2D eigenvalue weighted by Crippen LogP contribution is 2.32. The molecule has 0 atom stereocenters. The van der Waals surface area contributed by atoms with Gasteiger partial charge in [0.05, 0.1) is 37.2 Å². The van der Waals surface area contributed by atoms with Crippen LogP contribution in [0.4, 0.5) is 11.4 Å². The van der Waals surface area contributed by atoms with Crippen LogP contribution in [0.1, 0.15) is 10.4 Å². The van der Waals surface area contributed by atoms with E-state index in [-0.39, 0.29) is 22.0 Å². The number of nitrogens with zero attached hydrogens (tertiary/aromatic N) is 1. The topological polar surface area (TPSA) is 84.9 Å². The second kappa shape index (κ2) is 10.4. The summed E-state index contributed by atoms with van der Waals surface area (Å²) in [5.74, 6) is 0.408. The fraction of sp³-hybridized carbons (Fsp3) is 0.125. The van der Waals surface area contributed by atoms with Gasteiger partial charge in [-0.3, -0.25) is 9.10 Å². The number of carbonyl (C=O) groups excluding carboxylic acids is 1. The monoisotopic (exact) mass is 486 g/mol. The quantitative estimate of drug-likeness (QED) is 0.431. The normalized spacial score (nSPS) is 10.9. The number of nitrogens with one attached hydrogen (secondary N) is 1. The first-order chi connectivity index (χ1) is 15.8. The molecule has 1 amide bonds. The van der Waals surface area contributed by atoms with E-state index >= 15 is 0 Å². The van der Waals surface area contributed by atoms with Crippen LogP contribution < -0.4 is 19.1 Å². The zero-order valence-corrected chi connectivity index (χ0v) is 19.7. The van der Waals surface area contributed by atoms with E-state index in [0.717, 1.165) is 0 Å². The van der Waals surface area contributed by atoms with Crippen molar-refractivity contribution in [2.75, 3.05) is 30.4 Å². The molecule has 0 aliphatic carbocycles. The minimum absolute atomic E-state index is 0.00416. The average molecular weight is 487 g/mol. The van der Waals surface area contributed by atoms with Crippen LogP contribution >= 0.6 is 11.6 Å². The molecule has 0 heterocycles. The molecule has 0 saturated carbocycles. The molecular weight excluding hydrogens is 464 g/mol. The maximum atomic E-state index is 13.5. The van der Waals surface area contributed by atoms with Crippen molar-refractivity contribution in [3.63, 3.8) is 0 Å². The number of benzene rings is 3. The first-order valence-electron chi connectivity index (χ1n) is 9.83. The van der Waals surface area contributed by atoms with Crippen LogP contribution in [0.15, 0.2) is 84.3 Å². The summed E-state index contributed by atoms with van der Waals surface area (Å²) in [6.07, 6.45) is 1.48. The Morgan fingerprint density at radius 1 is 1.06 bits per heavy atom. The number of carbonyl (C=O) groups is 1. The van der Waals surface area contributed by atoms with Gasteiger partial charge in [0.1, 0.15) is 16.4 Å². The number of sulfonamides is 1. The van der Waals surface area contributed by atoms with Crippen molar-refractivity contribution in [2.45, 2.75) is 4.90 Å². The molecule has 3 aromatic carbocycles. The average Bonchev–Trinajstić information content (AvgIpc) is 2.83. The molecule has 0 saturated heterocycles. The molecule has 0 aliphatic heterocycles. The minimum Gasteiger partial charge on any atom is -0.497 e. The Hall–Kier alpha value is -3.49. The Kier molecular flexibility index (Phi) is 7.63. The summed E-state index contributed by atoms with van der Waals surface area (Å²) in [4.78, 5) is 12.8. The third-order valence-electron chi connectivity index (χ3n) is 4.76. The number of para-hydroxylation sites is 1. The lowest BCUT2D eigenvalue weighted by Gasteiger charge is -2.24. The highest BCUT2D eigenvalue weighted by molar-refractivity contribution is 7.93. The van der Waals surface area contributed by atoms with Gasteiger partial charge in [0.25, 0.3) is 15.9 Å². The van der Waals surface area contributed by atoms with Gasteiger partial charge in [-0.15, -0.1) is 6.58 Å². The molecule has 0 bridgehead atoms. The maximum Gasteiger partial charge on any atom is 0.266 e. The molecular formula is C24H23ClN2O5S. The van der Waals surface area contributed by atoms with E-state index in [1.54, 1.807) is 48.5 Å². The molecule has 3 rings (SSSR count). The predicted molar refractivity (Wildman–Crippen MR) is 130 cm³/mol. The van der Waals surface area contributed by atoms with E-state index in [0.29, 0.717) is 22.9 Å². The van der Waals surface area contributed by atoms with Crippen molar-refractivity contribution in [3.05, 3.63) is 90.0 Å². The highest BCUT2D eigenvalue weighted by Gasteiger charge is 2.27. The number of halogens is 1. The highest BCUT2D eigenvalue weighted by atomic mass is 35.5. The molecule has 0 radical (unpaired) electrons. The first-order valence-corrected chi connectivity index (χ1v) is 11.6. The van der Waals surface area contributed by atoms with Gasteiger partial charge >= 0.3 is 0 Å². The molecule has 3 aromatic rings. The van der Waals surface area contributed by atoms with Crippen LogP contribution in [0.2, 0.25) is 5.02 Å². The predicted octanol–water partition coefficient (Wildman–Crippen LogP) is 4.99. The van der Waals surface area contributed by atoms with Crippen LogP contribution in [0.25, 0.3) is 0 Å². The summed E-state index contributed by atoms with van der Waals surface area (Å²) in [6.45, 7) is 3.68. The van der Waals surface area contributed by atoms with Crippen molar-refractivity contribution in [1.82, 2.24) is 0 Å². The number of anilines is 2.